The topological polar surface area (TPSA) is 37.3 Å². The third-order valence-corrected chi connectivity index (χ3v) is 1.76. The Hall–Kier alpha value is -0.790. The van der Waals surface area contributed by atoms with Gasteiger partial charge >= 0.3 is 0 Å². The summed E-state index contributed by atoms with van der Waals surface area (Å²) in [6.07, 6.45) is 11.6. The molecular weight excluding hydrogens is 176 g/mol. The average molecular weight is 200 g/mol. The molecule has 0 rings (SSSR count). The zero-order valence-corrected chi connectivity index (χ0v) is 9.59. The lowest BCUT2D eigenvalue weighted by Crippen LogP contribution is -1.78. The van der Waals surface area contributed by atoms with Crippen LogP contribution in [0.25, 0.3) is 0 Å². The Balaban J connectivity index is 0. The van der Waals surface area contributed by atoms with Gasteiger partial charge in [-0.3, -0.25) is 4.79 Å². The molecule has 0 atom stereocenters. The normalized spacial score (nSPS) is 8.71. The standard InChI is InChI=1S/C10H20.C2H4O2/c1-3-5-7-9-10-8-6-4-2;1-2(3)4/h3H,1,4-10H2,2H3;1H3,(H,3,4). The van der Waals surface area contributed by atoms with Gasteiger partial charge in [0.1, 0.15) is 0 Å². The molecule has 0 amide bonds. The van der Waals surface area contributed by atoms with Gasteiger partial charge in [-0.1, -0.05) is 45.1 Å². The molecule has 0 aromatic heterocycles. The van der Waals surface area contributed by atoms with Crippen LogP contribution in [0.1, 0.15) is 58.8 Å². The maximum atomic E-state index is 9.00. The maximum absolute atomic E-state index is 9.00. The first-order chi connectivity index (χ1) is 6.65. The minimum Gasteiger partial charge on any atom is -0.481 e. The number of hydrogen-bond acceptors (Lipinski definition) is 1. The summed E-state index contributed by atoms with van der Waals surface area (Å²) in [6.45, 7) is 7.03. The largest absolute Gasteiger partial charge is 0.481 e. The smallest absolute Gasteiger partial charge is 0.300 e. The molecule has 0 aliphatic carbocycles. The molecule has 0 fully saturated rings. The molecule has 1 N–H and O–H groups in total. The fraction of sp³-hybridized carbons (Fsp3) is 0.750. The van der Waals surface area contributed by atoms with Gasteiger partial charge in [0.25, 0.3) is 5.97 Å². The van der Waals surface area contributed by atoms with E-state index >= 15 is 0 Å². The van der Waals surface area contributed by atoms with Crippen molar-refractivity contribution < 1.29 is 9.90 Å². The summed E-state index contributed by atoms with van der Waals surface area (Å²) in [4.78, 5) is 9.00. The van der Waals surface area contributed by atoms with E-state index < -0.39 is 5.97 Å². The van der Waals surface area contributed by atoms with Crippen molar-refractivity contribution in [3.8, 4) is 0 Å². The van der Waals surface area contributed by atoms with Crippen LogP contribution >= 0.6 is 0 Å². The summed E-state index contributed by atoms with van der Waals surface area (Å²) in [7, 11) is 0. The van der Waals surface area contributed by atoms with E-state index in [4.69, 9.17) is 9.90 Å². The van der Waals surface area contributed by atoms with Crippen LogP contribution in [0, 0.1) is 0 Å². The third-order valence-electron chi connectivity index (χ3n) is 1.76. The molecule has 0 saturated heterocycles. The lowest BCUT2D eigenvalue weighted by Gasteiger charge is -1.96. The zero-order valence-electron chi connectivity index (χ0n) is 9.59. The van der Waals surface area contributed by atoms with Crippen LogP contribution in [-0.2, 0) is 4.79 Å². The van der Waals surface area contributed by atoms with Crippen LogP contribution in [0.4, 0.5) is 0 Å². The first-order valence-electron chi connectivity index (χ1n) is 5.45. The highest BCUT2D eigenvalue weighted by Gasteiger charge is 1.86. The number of carboxylic acids is 1. The molecule has 0 unspecified atom stereocenters. The van der Waals surface area contributed by atoms with Gasteiger partial charge < -0.3 is 5.11 Å². The number of allylic oxidation sites excluding steroid dienone is 1. The summed E-state index contributed by atoms with van der Waals surface area (Å²) in [5.74, 6) is -0.833. The fourth-order valence-corrected chi connectivity index (χ4v) is 1.07. The van der Waals surface area contributed by atoms with Crippen molar-refractivity contribution in [1.29, 1.82) is 0 Å². The minimum atomic E-state index is -0.833. The van der Waals surface area contributed by atoms with Gasteiger partial charge in [-0.05, 0) is 12.8 Å². The van der Waals surface area contributed by atoms with E-state index in [-0.39, 0.29) is 0 Å². The first kappa shape index (κ1) is 15.7. The molecule has 0 saturated carbocycles. The molecule has 0 bridgehead atoms. The predicted octanol–water partition coefficient (Wildman–Crippen LogP) is 4.01. The third kappa shape index (κ3) is 30.3. The Morgan fingerprint density at radius 3 is 2.07 bits per heavy atom. The molecular formula is C12H24O2. The Kier molecular flexibility index (Phi) is 16.5. The molecule has 0 heterocycles. The second kappa shape index (κ2) is 14.7. The first-order valence-corrected chi connectivity index (χ1v) is 5.45. The van der Waals surface area contributed by atoms with Crippen molar-refractivity contribution in [2.45, 2.75) is 58.8 Å². The summed E-state index contributed by atoms with van der Waals surface area (Å²) in [5, 5.41) is 7.42. The molecule has 0 aromatic rings. The van der Waals surface area contributed by atoms with Gasteiger partial charge in [0.2, 0.25) is 0 Å². The molecule has 0 radical (unpaired) electrons. The number of carboxylic acid groups (broad SMARTS) is 1. The van der Waals surface area contributed by atoms with E-state index in [1.54, 1.807) is 0 Å². The van der Waals surface area contributed by atoms with Gasteiger partial charge in [0.05, 0.1) is 0 Å². The Labute approximate surface area is 88.0 Å². The second-order valence-electron chi connectivity index (χ2n) is 3.36. The number of rotatable bonds is 7. The van der Waals surface area contributed by atoms with Crippen molar-refractivity contribution in [3.05, 3.63) is 12.7 Å². The zero-order chi connectivity index (χ0) is 11.2. The summed E-state index contributed by atoms with van der Waals surface area (Å²) < 4.78 is 0. The van der Waals surface area contributed by atoms with Crippen molar-refractivity contribution >= 4 is 5.97 Å². The van der Waals surface area contributed by atoms with E-state index in [1.807, 2.05) is 6.08 Å². The molecule has 0 aliphatic heterocycles. The summed E-state index contributed by atoms with van der Waals surface area (Å²) >= 11 is 0. The fourth-order valence-electron chi connectivity index (χ4n) is 1.07. The van der Waals surface area contributed by atoms with Crippen LogP contribution < -0.4 is 0 Å². The number of unbranched alkanes of at least 4 members (excludes halogenated alkanes) is 6. The van der Waals surface area contributed by atoms with E-state index in [0.717, 1.165) is 6.92 Å². The number of hydrogen-bond donors (Lipinski definition) is 1. The van der Waals surface area contributed by atoms with Crippen LogP contribution in [0.3, 0.4) is 0 Å². The monoisotopic (exact) mass is 200 g/mol. The van der Waals surface area contributed by atoms with Gasteiger partial charge in [-0.25, -0.2) is 0 Å². The lowest BCUT2D eigenvalue weighted by atomic mass is 10.1. The molecule has 2 heteroatoms. The Morgan fingerprint density at radius 1 is 1.21 bits per heavy atom. The van der Waals surface area contributed by atoms with E-state index in [2.05, 4.69) is 13.5 Å². The van der Waals surface area contributed by atoms with Crippen molar-refractivity contribution in [3.63, 3.8) is 0 Å². The van der Waals surface area contributed by atoms with Crippen molar-refractivity contribution in [1.82, 2.24) is 0 Å². The predicted molar refractivity (Wildman–Crippen MR) is 61.5 cm³/mol. The summed E-state index contributed by atoms with van der Waals surface area (Å²) in [6, 6.07) is 0. The average Bonchev–Trinajstić information content (AvgIpc) is 2.10. The molecule has 0 aromatic carbocycles. The Morgan fingerprint density at radius 2 is 1.64 bits per heavy atom. The quantitative estimate of drug-likeness (QED) is 0.498. The van der Waals surface area contributed by atoms with Crippen LogP contribution in [-0.4, -0.2) is 11.1 Å². The Bertz CT molecular complexity index is 126. The van der Waals surface area contributed by atoms with E-state index in [0.29, 0.717) is 0 Å². The molecule has 84 valence electrons. The lowest BCUT2D eigenvalue weighted by molar-refractivity contribution is -0.134. The molecule has 14 heavy (non-hydrogen) atoms. The van der Waals surface area contributed by atoms with Gasteiger partial charge in [0.15, 0.2) is 0 Å². The number of carbonyl (C=O) groups is 1. The highest BCUT2D eigenvalue weighted by atomic mass is 16.4. The highest BCUT2D eigenvalue weighted by molar-refractivity contribution is 5.62. The minimum absolute atomic E-state index is 0.833. The van der Waals surface area contributed by atoms with Gasteiger partial charge in [-0.15, -0.1) is 6.58 Å². The molecule has 0 spiro atoms. The van der Waals surface area contributed by atoms with Crippen molar-refractivity contribution in [2.75, 3.05) is 0 Å². The SMILES string of the molecule is C=CCCCCCCCC.CC(=O)O. The van der Waals surface area contributed by atoms with Crippen LogP contribution in [0.15, 0.2) is 12.7 Å². The molecule has 0 aliphatic rings. The van der Waals surface area contributed by atoms with Crippen LogP contribution in [0.2, 0.25) is 0 Å². The van der Waals surface area contributed by atoms with E-state index in [1.165, 1.54) is 44.9 Å². The van der Waals surface area contributed by atoms with Crippen molar-refractivity contribution in [2.24, 2.45) is 0 Å². The van der Waals surface area contributed by atoms with E-state index in [9.17, 15) is 0 Å². The highest BCUT2D eigenvalue weighted by Crippen LogP contribution is 2.06. The second-order valence-corrected chi connectivity index (χ2v) is 3.36. The molecule has 2 nitrogen and oxygen atoms in total. The van der Waals surface area contributed by atoms with Crippen LogP contribution in [0.5, 0.6) is 0 Å². The number of aliphatic carboxylic acids is 1. The maximum Gasteiger partial charge on any atom is 0.300 e. The summed E-state index contributed by atoms with van der Waals surface area (Å²) in [5.41, 5.74) is 0. The van der Waals surface area contributed by atoms with Gasteiger partial charge in [-0.2, -0.15) is 0 Å². The van der Waals surface area contributed by atoms with Gasteiger partial charge in [0, 0.05) is 6.92 Å².